The van der Waals surface area contributed by atoms with E-state index in [1.54, 1.807) is 36.4 Å². The third-order valence-corrected chi connectivity index (χ3v) is 5.15. The maximum atomic E-state index is 14.8. The minimum Gasteiger partial charge on any atom is -0.442 e. The van der Waals surface area contributed by atoms with Crippen molar-refractivity contribution in [1.29, 1.82) is 0 Å². The maximum Gasteiger partial charge on any atom is 0.414 e. The first-order chi connectivity index (χ1) is 15.4. The third-order valence-electron chi connectivity index (χ3n) is 5.15. The molecule has 1 aliphatic rings. The highest BCUT2D eigenvalue weighted by molar-refractivity contribution is 5.90. The van der Waals surface area contributed by atoms with E-state index in [1.165, 1.54) is 17.9 Å². The molecule has 1 saturated heterocycles. The van der Waals surface area contributed by atoms with Gasteiger partial charge < -0.3 is 20.5 Å². The Balaban J connectivity index is 1.65. The van der Waals surface area contributed by atoms with Crippen LogP contribution in [0.1, 0.15) is 25.0 Å². The number of aliphatic hydroxyl groups excluding tert-OH is 1. The molecule has 0 saturated carbocycles. The SMILES string of the molecule is CC(=O)NC[C@H]1CN(c2ccc(-c3ccc(C(O)CNCCCF)cc3)c(F)c2)C(=O)O1. The molecule has 1 unspecified atom stereocenters. The zero-order valence-corrected chi connectivity index (χ0v) is 17.8. The molecule has 1 aliphatic heterocycles. The number of benzene rings is 2. The van der Waals surface area contributed by atoms with Crippen LogP contribution in [0, 0.1) is 5.82 Å². The number of alkyl halides is 1. The molecular formula is C23H27F2N3O4. The highest BCUT2D eigenvalue weighted by Gasteiger charge is 2.32. The molecule has 2 aromatic rings. The zero-order chi connectivity index (χ0) is 23.1. The first-order valence-electron chi connectivity index (χ1n) is 10.5. The second-order valence-electron chi connectivity index (χ2n) is 7.60. The van der Waals surface area contributed by atoms with Crippen LogP contribution in [0.2, 0.25) is 0 Å². The summed E-state index contributed by atoms with van der Waals surface area (Å²) in [5, 5.41) is 15.8. The number of halogens is 2. The number of amides is 2. The Labute approximate surface area is 185 Å². The molecule has 1 fully saturated rings. The number of hydrogen-bond donors (Lipinski definition) is 3. The van der Waals surface area contributed by atoms with Crippen LogP contribution in [0.5, 0.6) is 0 Å². The van der Waals surface area contributed by atoms with Crippen molar-refractivity contribution in [2.24, 2.45) is 0 Å². The molecule has 2 atom stereocenters. The summed E-state index contributed by atoms with van der Waals surface area (Å²) in [7, 11) is 0. The van der Waals surface area contributed by atoms with E-state index in [-0.39, 0.29) is 19.0 Å². The fraction of sp³-hybridized carbons (Fsp3) is 0.391. The Bertz CT molecular complexity index is 939. The number of cyclic esters (lactones) is 1. The number of aliphatic hydroxyl groups is 1. The monoisotopic (exact) mass is 447 g/mol. The molecule has 0 radical (unpaired) electrons. The summed E-state index contributed by atoms with van der Waals surface area (Å²) in [6.45, 7) is 2.17. The van der Waals surface area contributed by atoms with Crippen molar-refractivity contribution in [1.82, 2.24) is 10.6 Å². The predicted octanol–water partition coefficient (Wildman–Crippen LogP) is 2.94. The largest absolute Gasteiger partial charge is 0.442 e. The van der Waals surface area contributed by atoms with Crippen LogP contribution < -0.4 is 15.5 Å². The Kier molecular flexibility index (Phi) is 8.13. The van der Waals surface area contributed by atoms with Crippen LogP contribution in [0.4, 0.5) is 19.3 Å². The molecular weight excluding hydrogens is 420 g/mol. The molecule has 0 bridgehead atoms. The smallest absolute Gasteiger partial charge is 0.414 e. The average Bonchev–Trinajstić information content (AvgIpc) is 3.16. The first-order valence-corrected chi connectivity index (χ1v) is 10.5. The summed E-state index contributed by atoms with van der Waals surface area (Å²) in [6.07, 6.45) is -1.44. The number of hydrogen-bond acceptors (Lipinski definition) is 5. The Morgan fingerprint density at radius 2 is 2.03 bits per heavy atom. The number of carbonyl (C=O) groups is 2. The number of nitrogens with one attached hydrogen (secondary N) is 2. The van der Waals surface area contributed by atoms with Crippen molar-refractivity contribution in [3.05, 3.63) is 53.8 Å². The quantitative estimate of drug-likeness (QED) is 0.487. The van der Waals surface area contributed by atoms with Crippen LogP contribution in [0.15, 0.2) is 42.5 Å². The average molecular weight is 447 g/mol. The molecule has 0 aromatic heterocycles. The van der Waals surface area contributed by atoms with Gasteiger partial charge >= 0.3 is 6.09 Å². The van der Waals surface area contributed by atoms with Gasteiger partial charge in [0.05, 0.1) is 31.6 Å². The molecule has 9 heteroatoms. The van der Waals surface area contributed by atoms with Crippen molar-refractivity contribution >= 4 is 17.7 Å². The van der Waals surface area contributed by atoms with Crippen LogP contribution in [0.25, 0.3) is 11.1 Å². The van der Waals surface area contributed by atoms with Gasteiger partial charge in [-0.2, -0.15) is 0 Å². The number of ether oxygens (including phenoxy) is 1. The fourth-order valence-corrected chi connectivity index (χ4v) is 3.44. The first kappa shape index (κ1) is 23.6. The lowest BCUT2D eigenvalue weighted by Crippen LogP contribution is -2.33. The number of nitrogens with zero attached hydrogens (tertiary/aromatic N) is 1. The summed E-state index contributed by atoms with van der Waals surface area (Å²) >= 11 is 0. The van der Waals surface area contributed by atoms with Crippen LogP contribution in [-0.2, 0) is 9.53 Å². The van der Waals surface area contributed by atoms with Crippen molar-refractivity contribution in [2.75, 3.05) is 37.8 Å². The lowest BCUT2D eigenvalue weighted by Gasteiger charge is -2.15. The van der Waals surface area contributed by atoms with E-state index in [9.17, 15) is 23.5 Å². The second-order valence-corrected chi connectivity index (χ2v) is 7.60. The van der Waals surface area contributed by atoms with Gasteiger partial charge in [0, 0.05) is 19.0 Å². The van der Waals surface area contributed by atoms with Gasteiger partial charge in [-0.25, -0.2) is 9.18 Å². The summed E-state index contributed by atoms with van der Waals surface area (Å²) in [4.78, 5) is 24.5. The van der Waals surface area contributed by atoms with Gasteiger partial charge in [0.25, 0.3) is 0 Å². The Hall–Kier alpha value is -3.04. The molecule has 32 heavy (non-hydrogen) atoms. The minimum absolute atomic E-state index is 0.196. The lowest BCUT2D eigenvalue weighted by molar-refractivity contribution is -0.119. The molecule has 3 rings (SSSR count). The maximum absolute atomic E-state index is 14.8. The van der Waals surface area contributed by atoms with E-state index in [0.717, 1.165) is 0 Å². The lowest BCUT2D eigenvalue weighted by atomic mass is 10.0. The summed E-state index contributed by atoms with van der Waals surface area (Å²) in [5.41, 5.74) is 2.03. The van der Waals surface area contributed by atoms with Crippen LogP contribution in [0.3, 0.4) is 0 Å². The fourth-order valence-electron chi connectivity index (χ4n) is 3.44. The summed E-state index contributed by atoms with van der Waals surface area (Å²) < 4.78 is 32.2. The van der Waals surface area contributed by atoms with Gasteiger partial charge in [-0.05, 0) is 42.3 Å². The molecule has 1 heterocycles. The molecule has 0 aliphatic carbocycles. The Morgan fingerprint density at radius 1 is 1.28 bits per heavy atom. The molecule has 2 aromatic carbocycles. The van der Waals surface area contributed by atoms with Crippen molar-refractivity contribution in [3.63, 3.8) is 0 Å². The van der Waals surface area contributed by atoms with Gasteiger partial charge in [-0.1, -0.05) is 24.3 Å². The number of rotatable bonds is 10. The van der Waals surface area contributed by atoms with Crippen LogP contribution >= 0.6 is 0 Å². The molecule has 2 amide bonds. The minimum atomic E-state index is -0.748. The summed E-state index contributed by atoms with van der Waals surface area (Å²) in [6, 6.07) is 11.4. The van der Waals surface area contributed by atoms with E-state index < -0.39 is 30.8 Å². The van der Waals surface area contributed by atoms with Gasteiger partial charge in [0.1, 0.15) is 11.9 Å². The molecule has 3 N–H and O–H groups in total. The van der Waals surface area contributed by atoms with Gasteiger partial charge in [-0.15, -0.1) is 0 Å². The van der Waals surface area contributed by atoms with Gasteiger partial charge in [0.15, 0.2) is 0 Å². The zero-order valence-electron chi connectivity index (χ0n) is 17.8. The topological polar surface area (TPSA) is 90.9 Å². The van der Waals surface area contributed by atoms with Crippen molar-refractivity contribution in [3.8, 4) is 11.1 Å². The standard InChI is InChI=1S/C23H27F2N3O4/c1-15(29)27-12-19-14-28(23(31)32-19)18-7-8-20(21(25)11-18)16-3-5-17(6-4-16)22(30)13-26-10-2-9-24/h3-8,11,19,22,26,30H,2,9-10,12-14H2,1H3,(H,27,29)/t19-,22?/m0/s1. The third kappa shape index (κ3) is 6.02. The molecule has 0 spiro atoms. The van der Waals surface area contributed by atoms with E-state index in [0.29, 0.717) is 41.9 Å². The van der Waals surface area contributed by atoms with Gasteiger partial charge in [-0.3, -0.25) is 14.1 Å². The molecule has 7 nitrogen and oxygen atoms in total. The van der Waals surface area contributed by atoms with E-state index in [4.69, 9.17) is 4.74 Å². The van der Waals surface area contributed by atoms with Gasteiger partial charge in [0.2, 0.25) is 5.91 Å². The normalized spacial score (nSPS) is 16.7. The summed E-state index contributed by atoms with van der Waals surface area (Å²) in [5.74, 6) is -0.719. The van der Waals surface area contributed by atoms with E-state index in [1.807, 2.05) is 0 Å². The van der Waals surface area contributed by atoms with E-state index >= 15 is 0 Å². The number of carbonyl (C=O) groups excluding carboxylic acids is 2. The Morgan fingerprint density at radius 3 is 2.69 bits per heavy atom. The van der Waals surface area contributed by atoms with Crippen LogP contribution in [-0.4, -0.2) is 56.1 Å². The van der Waals surface area contributed by atoms with Crippen molar-refractivity contribution in [2.45, 2.75) is 25.6 Å². The number of anilines is 1. The van der Waals surface area contributed by atoms with E-state index in [2.05, 4.69) is 10.6 Å². The van der Waals surface area contributed by atoms with Crippen molar-refractivity contribution < 1.29 is 28.2 Å². The second kappa shape index (κ2) is 11.0. The highest BCUT2D eigenvalue weighted by atomic mass is 19.1. The molecule has 172 valence electrons. The highest BCUT2D eigenvalue weighted by Crippen LogP contribution is 2.29. The predicted molar refractivity (Wildman–Crippen MR) is 117 cm³/mol.